The molecule has 1 unspecified atom stereocenters. The highest BCUT2D eigenvalue weighted by atomic mass is 16.5. The van der Waals surface area contributed by atoms with Crippen molar-refractivity contribution in [2.45, 2.75) is 26.4 Å². The van der Waals surface area contributed by atoms with Crippen molar-refractivity contribution in [3.05, 3.63) is 59.2 Å². The van der Waals surface area contributed by atoms with E-state index in [-0.39, 0.29) is 5.91 Å². The van der Waals surface area contributed by atoms with E-state index in [1.54, 1.807) is 7.11 Å². The molecule has 2 aromatic rings. The van der Waals surface area contributed by atoms with E-state index in [0.717, 1.165) is 36.3 Å². The summed E-state index contributed by atoms with van der Waals surface area (Å²) in [6.07, 6.45) is 1.37. The van der Waals surface area contributed by atoms with E-state index in [1.165, 1.54) is 5.69 Å². The van der Waals surface area contributed by atoms with Crippen molar-refractivity contribution in [1.29, 1.82) is 0 Å². The number of carbonyl (C=O) groups is 1. The smallest absolute Gasteiger partial charge is 0.255 e. The standard InChI is InChI=1S/C20H24N2O2/c1-14-4-9-19(15(2)12-14)20(23)21-16-5-7-17(8-6-16)22-11-10-18(13-22)24-3/h4-9,12,18H,10-11,13H2,1-3H3,(H,21,23). The van der Waals surface area contributed by atoms with E-state index in [2.05, 4.69) is 22.3 Å². The number of methoxy groups -OCH3 is 1. The lowest BCUT2D eigenvalue weighted by Gasteiger charge is -2.18. The Kier molecular flexibility index (Phi) is 4.86. The molecule has 1 aliphatic heterocycles. The first-order valence-electron chi connectivity index (χ1n) is 8.33. The monoisotopic (exact) mass is 324 g/mol. The zero-order valence-corrected chi connectivity index (χ0v) is 14.5. The minimum absolute atomic E-state index is 0.0686. The van der Waals surface area contributed by atoms with Crippen LogP contribution in [0.2, 0.25) is 0 Å². The Hall–Kier alpha value is -2.33. The van der Waals surface area contributed by atoms with Crippen molar-refractivity contribution in [3.8, 4) is 0 Å². The zero-order chi connectivity index (χ0) is 17.1. The lowest BCUT2D eigenvalue weighted by molar-refractivity contribution is 0.102. The number of ether oxygens (including phenoxy) is 1. The summed E-state index contributed by atoms with van der Waals surface area (Å²) >= 11 is 0. The minimum Gasteiger partial charge on any atom is -0.380 e. The van der Waals surface area contributed by atoms with Crippen LogP contribution in [0.5, 0.6) is 0 Å². The van der Waals surface area contributed by atoms with Gasteiger partial charge in [-0.15, -0.1) is 0 Å². The third-order valence-corrected chi connectivity index (χ3v) is 4.60. The van der Waals surface area contributed by atoms with Gasteiger partial charge in [-0.2, -0.15) is 0 Å². The fourth-order valence-electron chi connectivity index (χ4n) is 3.18. The molecule has 0 aliphatic carbocycles. The highest BCUT2D eigenvalue weighted by molar-refractivity contribution is 6.05. The molecule has 1 aliphatic rings. The van der Waals surface area contributed by atoms with E-state index < -0.39 is 0 Å². The second-order valence-corrected chi connectivity index (χ2v) is 6.41. The SMILES string of the molecule is COC1CCN(c2ccc(NC(=O)c3ccc(C)cc3C)cc2)C1. The van der Waals surface area contributed by atoms with E-state index in [4.69, 9.17) is 4.74 Å². The third-order valence-electron chi connectivity index (χ3n) is 4.60. The van der Waals surface area contributed by atoms with Crippen LogP contribution in [0.3, 0.4) is 0 Å². The molecular weight excluding hydrogens is 300 g/mol. The molecule has 1 heterocycles. The van der Waals surface area contributed by atoms with Crippen LogP contribution in [0.15, 0.2) is 42.5 Å². The summed E-state index contributed by atoms with van der Waals surface area (Å²) in [5, 5.41) is 2.97. The van der Waals surface area contributed by atoms with Gasteiger partial charge in [0, 0.05) is 37.1 Å². The molecule has 1 atom stereocenters. The predicted octanol–water partition coefficient (Wildman–Crippen LogP) is 3.78. The lowest BCUT2D eigenvalue weighted by Crippen LogP contribution is -2.22. The Bertz CT molecular complexity index is 725. The number of aryl methyl sites for hydroxylation is 2. The summed E-state index contributed by atoms with van der Waals surface area (Å²) in [5.41, 5.74) is 4.85. The quantitative estimate of drug-likeness (QED) is 0.930. The number of anilines is 2. The van der Waals surface area contributed by atoms with Gasteiger partial charge in [0.05, 0.1) is 6.10 Å². The van der Waals surface area contributed by atoms with E-state index in [0.29, 0.717) is 11.7 Å². The van der Waals surface area contributed by atoms with Gasteiger partial charge in [0.2, 0.25) is 0 Å². The van der Waals surface area contributed by atoms with Crippen molar-refractivity contribution in [1.82, 2.24) is 0 Å². The van der Waals surface area contributed by atoms with Gasteiger partial charge in [-0.3, -0.25) is 4.79 Å². The number of benzene rings is 2. The molecular formula is C20H24N2O2. The number of hydrogen-bond donors (Lipinski definition) is 1. The molecule has 2 aromatic carbocycles. The van der Waals surface area contributed by atoms with Crippen LogP contribution in [0.25, 0.3) is 0 Å². The Labute approximate surface area is 143 Å². The average molecular weight is 324 g/mol. The van der Waals surface area contributed by atoms with Crippen molar-refractivity contribution in [2.75, 3.05) is 30.4 Å². The van der Waals surface area contributed by atoms with Crippen LogP contribution in [-0.4, -0.2) is 32.2 Å². The average Bonchev–Trinajstić information content (AvgIpc) is 3.04. The summed E-state index contributed by atoms with van der Waals surface area (Å²) < 4.78 is 5.41. The maximum absolute atomic E-state index is 12.4. The van der Waals surface area contributed by atoms with Crippen LogP contribution in [-0.2, 0) is 4.74 Å². The number of hydrogen-bond acceptors (Lipinski definition) is 3. The molecule has 1 N–H and O–H groups in total. The molecule has 0 radical (unpaired) electrons. The molecule has 1 amide bonds. The van der Waals surface area contributed by atoms with Crippen LogP contribution < -0.4 is 10.2 Å². The highest BCUT2D eigenvalue weighted by Gasteiger charge is 2.22. The first-order chi connectivity index (χ1) is 11.6. The molecule has 4 nitrogen and oxygen atoms in total. The fraction of sp³-hybridized carbons (Fsp3) is 0.350. The Morgan fingerprint density at radius 1 is 1.17 bits per heavy atom. The second kappa shape index (κ2) is 7.05. The number of rotatable bonds is 4. The van der Waals surface area contributed by atoms with E-state index in [1.807, 2.05) is 44.2 Å². The van der Waals surface area contributed by atoms with Gasteiger partial charge < -0.3 is 15.0 Å². The van der Waals surface area contributed by atoms with Crippen LogP contribution in [0.1, 0.15) is 27.9 Å². The Balaban J connectivity index is 1.67. The van der Waals surface area contributed by atoms with Gasteiger partial charge in [-0.1, -0.05) is 17.7 Å². The normalized spacial score (nSPS) is 17.1. The molecule has 24 heavy (non-hydrogen) atoms. The van der Waals surface area contributed by atoms with Gasteiger partial charge in [0.1, 0.15) is 0 Å². The van der Waals surface area contributed by atoms with Crippen molar-refractivity contribution in [2.24, 2.45) is 0 Å². The minimum atomic E-state index is -0.0686. The lowest BCUT2D eigenvalue weighted by atomic mass is 10.1. The maximum Gasteiger partial charge on any atom is 0.255 e. The summed E-state index contributed by atoms with van der Waals surface area (Å²) in [7, 11) is 1.76. The predicted molar refractivity (Wildman–Crippen MR) is 97.9 cm³/mol. The van der Waals surface area contributed by atoms with Gasteiger partial charge in [0.15, 0.2) is 0 Å². The Morgan fingerprint density at radius 3 is 2.54 bits per heavy atom. The third kappa shape index (κ3) is 3.60. The summed E-state index contributed by atoms with van der Waals surface area (Å²) in [6.45, 7) is 5.92. The first-order valence-corrected chi connectivity index (χ1v) is 8.33. The van der Waals surface area contributed by atoms with Gasteiger partial charge >= 0.3 is 0 Å². The van der Waals surface area contributed by atoms with Crippen LogP contribution in [0, 0.1) is 13.8 Å². The van der Waals surface area contributed by atoms with E-state index in [9.17, 15) is 4.79 Å². The topological polar surface area (TPSA) is 41.6 Å². The summed E-state index contributed by atoms with van der Waals surface area (Å²) in [6, 6.07) is 13.9. The molecule has 0 spiro atoms. The van der Waals surface area contributed by atoms with Crippen molar-refractivity contribution >= 4 is 17.3 Å². The molecule has 0 aromatic heterocycles. The molecule has 0 saturated carbocycles. The van der Waals surface area contributed by atoms with Crippen molar-refractivity contribution in [3.63, 3.8) is 0 Å². The second-order valence-electron chi connectivity index (χ2n) is 6.41. The first kappa shape index (κ1) is 16.5. The number of amides is 1. The largest absolute Gasteiger partial charge is 0.380 e. The van der Waals surface area contributed by atoms with Crippen LogP contribution in [0.4, 0.5) is 11.4 Å². The fourth-order valence-corrected chi connectivity index (χ4v) is 3.18. The molecule has 1 fully saturated rings. The molecule has 0 bridgehead atoms. The van der Waals surface area contributed by atoms with Gasteiger partial charge in [0.25, 0.3) is 5.91 Å². The van der Waals surface area contributed by atoms with Gasteiger partial charge in [-0.05, 0) is 56.2 Å². The highest BCUT2D eigenvalue weighted by Crippen LogP contribution is 2.23. The molecule has 126 valence electrons. The maximum atomic E-state index is 12.4. The zero-order valence-electron chi connectivity index (χ0n) is 14.5. The number of carbonyl (C=O) groups excluding carboxylic acids is 1. The molecule has 1 saturated heterocycles. The Morgan fingerprint density at radius 2 is 1.92 bits per heavy atom. The van der Waals surface area contributed by atoms with Gasteiger partial charge in [-0.25, -0.2) is 0 Å². The number of nitrogens with one attached hydrogen (secondary N) is 1. The van der Waals surface area contributed by atoms with Crippen molar-refractivity contribution < 1.29 is 9.53 Å². The molecule has 4 heteroatoms. The molecule has 3 rings (SSSR count). The summed E-state index contributed by atoms with van der Waals surface area (Å²) in [5.74, 6) is -0.0686. The van der Waals surface area contributed by atoms with Crippen LogP contribution >= 0.6 is 0 Å². The number of nitrogens with zero attached hydrogens (tertiary/aromatic N) is 1. The summed E-state index contributed by atoms with van der Waals surface area (Å²) in [4.78, 5) is 14.7. The van der Waals surface area contributed by atoms with E-state index >= 15 is 0 Å².